The number of carboxylic acids is 1. The summed E-state index contributed by atoms with van der Waals surface area (Å²) >= 11 is 0. The first-order chi connectivity index (χ1) is 12.5. The summed E-state index contributed by atoms with van der Waals surface area (Å²) in [7, 11) is 1.62. The van der Waals surface area contributed by atoms with Crippen molar-refractivity contribution in [1.82, 2.24) is 5.32 Å². The van der Waals surface area contributed by atoms with Crippen molar-refractivity contribution in [2.24, 2.45) is 0 Å². The Morgan fingerprint density at radius 1 is 1.12 bits per heavy atom. The van der Waals surface area contributed by atoms with Crippen molar-refractivity contribution in [3.8, 4) is 5.75 Å². The van der Waals surface area contributed by atoms with Gasteiger partial charge < -0.3 is 24.3 Å². The summed E-state index contributed by atoms with van der Waals surface area (Å²) in [5.41, 5.74) is 0.857. The molecular formula is C19H21NO6. The molecule has 1 aromatic heterocycles. The lowest BCUT2D eigenvalue weighted by atomic mass is 9.74. The average Bonchev–Trinajstić information content (AvgIpc) is 3.18. The number of benzene rings is 1. The Balaban J connectivity index is 1.75. The largest absolute Gasteiger partial charge is 0.497 e. The highest BCUT2D eigenvalue weighted by Gasteiger charge is 2.35. The van der Waals surface area contributed by atoms with E-state index in [1.807, 2.05) is 24.3 Å². The zero-order valence-corrected chi connectivity index (χ0v) is 14.5. The monoisotopic (exact) mass is 359 g/mol. The van der Waals surface area contributed by atoms with Gasteiger partial charge in [0.05, 0.1) is 7.11 Å². The summed E-state index contributed by atoms with van der Waals surface area (Å²) in [4.78, 5) is 23.2. The first-order valence-corrected chi connectivity index (χ1v) is 8.38. The fourth-order valence-corrected chi connectivity index (χ4v) is 3.19. The molecule has 7 nitrogen and oxygen atoms in total. The molecule has 26 heavy (non-hydrogen) atoms. The molecule has 0 unspecified atom stereocenters. The molecule has 1 fully saturated rings. The number of hydrogen-bond donors (Lipinski definition) is 2. The maximum Gasteiger partial charge on any atom is 0.371 e. The Kier molecular flexibility index (Phi) is 5.27. The molecule has 138 valence electrons. The Hall–Kier alpha value is -2.80. The molecule has 2 aromatic rings. The zero-order valence-electron chi connectivity index (χ0n) is 14.5. The lowest BCUT2D eigenvalue weighted by molar-refractivity contribution is 0.0483. The first-order valence-electron chi connectivity index (χ1n) is 8.38. The molecule has 1 saturated heterocycles. The molecule has 0 radical (unpaired) electrons. The van der Waals surface area contributed by atoms with E-state index in [4.69, 9.17) is 19.0 Å². The van der Waals surface area contributed by atoms with Gasteiger partial charge in [-0.2, -0.15) is 0 Å². The maximum atomic E-state index is 12.3. The minimum Gasteiger partial charge on any atom is -0.497 e. The van der Waals surface area contributed by atoms with E-state index in [2.05, 4.69) is 5.32 Å². The molecule has 1 aromatic carbocycles. The maximum absolute atomic E-state index is 12.3. The minimum atomic E-state index is -1.21. The van der Waals surface area contributed by atoms with Gasteiger partial charge in [0.1, 0.15) is 5.75 Å². The Morgan fingerprint density at radius 3 is 2.35 bits per heavy atom. The van der Waals surface area contributed by atoms with Gasteiger partial charge in [0.2, 0.25) is 5.76 Å². The summed E-state index contributed by atoms with van der Waals surface area (Å²) in [5, 5.41) is 11.8. The summed E-state index contributed by atoms with van der Waals surface area (Å²) in [6.07, 6.45) is 1.55. The van der Waals surface area contributed by atoms with Crippen LogP contribution in [0, 0.1) is 0 Å². The first kappa shape index (κ1) is 18.0. The Bertz CT molecular complexity index is 774. The predicted molar refractivity (Wildman–Crippen MR) is 92.7 cm³/mol. The molecule has 0 spiro atoms. The quantitative estimate of drug-likeness (QED) is 0.822. The van der Waals surface area contributed by atoms with Crippen molar-refractivity contribution in [1.29, 1.82) is 0 Å². The predicted octanol–water partition coefficient (Wildman–Crippen LogP) is 2.46. The number of carboxylic acid groups (broad SMARTS) is 1. The van der Waals surface area contributed by atoms with Crippen LogP contribution >= 0.6 is 0 Å². The van der Waals surface area contributed by atoms with E-state index >= 15 is 0 Å². The van der Waals surface area contributed by atoms with Crippen LogP contribution in [0.15, 0.2) is 40.8 Å². The fourth-order valence-electron chi connectivity index (χ4n) is 3.19. The van der Waals surface area contributed by atoms with Crippen LogP contribution < -0.4 is 10.1 Å². The lowest BCUT2D eigenvalue weighted by Crippen LogP contribution is -2.44. The number of amides is 1. The molecule has 1 aliphatic heterocycles. The standard InChI is InChI=1S/C19H21NO6/c1-24-14-4-2-13(3-5-14)19(8-10-25-11-9-19)12-20-17(21)15-6-7-16(26-15)18(22)23/h2-7H,8-12H2,1H3,(H,20,21)(H,22,23). The molecule has 7 heteroatoms. The van der Waals surface area contributed by atoms with Crippen molar-refractivity contribution in [2.75, 3.05) is 26.9 Å². The number of methoxy groups -OCH3 is 1. The van der Waals surface area contributed by atoms with Crippen molar-refractivity contribution >= 4 is 11.9 Å². The van der Waals surface area contributed by atoms with E-state index in [9.17, 15) is 9.59 Å². The van der Waals surface area contributed by atoms with Gasteiger partial charge in [-0.05, 0) is 42.7 Å². The molecule has 1 aliphatic rings. The van der Waals surface area contributed by atoms with Crippen molar-refractivity contribution in [3.63, 3.8) is 0 Å². The molecular weight excluding hydrogens is 338 g/mol. The van der Waals surface area contributed by atoms with Gasteiger partial charge in [-0.3, -0.25) is 4.79 Å². The second kappa shape index (κ2) is 7.61. The normalized spacial score (nSPS) is 16.0. The fraction of sp³-hybridized carbons (Fsp3) is 0.368. The van der Waals surface area contributed by atoms with Crippen LogP contribution in [0.4, 0.5) is 0 Å². The van der Waals surface area contributed by atoms with Crippen molar-refractivity contribution < 1.29 is 28.6 Å². The number of rotatable bonds is 6. The Labute approximate surface area is 150 Å². The van der Waals surface area contributed by atoms with Gasteiger partial charge in [0.25, 0.3) is 5.91 Å². The smallest absolute Gasteiger partial charge is 0.371 e. The molecule has 0 bridgehead atoms. The van der Waals surface area contributed by atoms with E-state index in [0.717, 1.165) is 24.2 Å². The van der Waals surface area contributed by atoms with Gasteiger partial charge in [-0.15, -0.1) is 0 Å². The summed E-state index contributed by atoms with van der Waals surface area (Å²) in [6, 6.07) is 10.4. The van der Waals surface area contributed by atoms with E-state index in [0.29, 0.717) is 19.8 Å². The topological polar surface area (TPSA) is 98.0 Å². The van der Waals surface area contributed by atoms with Crippen LogP contribution in [0.3, 0.4) is 0 Å². The summed E-state index contributed by atoms with van der Waals surface area (Å²) < 4.78 is 15.8. The average molecular weight is 359 g/mol. The number of carbonyl (C=O) groups is 2. The highest BCUT2D eigenvalue weighted by molar-refractivity contribution is 5.93. The van der Waals surface area contributed by atoms with Crippen LogP contribution in [0.25, 0.3) is 0 Å². The Morgan fingerprint density at radius 2 is 1.77 bits per heavy atom. The van der Waals surface area contributed by atoms with E-state index in [1.165, 1.54) is 12.1 Å². The summed E-state index contributed by atoms with van der Waals surface area (Å²) in [6.45, 7) is 1.64. The van der Waals surface area contributed by atoms with Gasteiger partial charge in [-0.1, -0.05) is 12.1 Å². The van der Waals surface area contributed by atoms with E-state index in [-0.39, 0.29) is 16.9 Å². The lowest BCUT2D eigenvalue weighted by Gasteiger charge is -2.38. The minimum absolute atomic E-state index is 0.0145. The molecule has 0 aliphatic carbocycles. The SMILES string of the molecule is COc1ccc(C2(CNC(=O)c3ccc(C(=O)O)o3)CCOCC2)cc1. The van der Waals surface area contributed by atoms with Gasteiger partial charge in [0.15, 0.2) is 5.76 Å². The molecule has 2 N–H and O–H groups in total. The number of hydrogen-bond acceptors (Lipinski definition) is 5. The second-order valence-corrected chi connectivity index (χ2v) is 6.27. The van der Waals surface area contributed by atoms with Crippen LogP contribution in [-0.2, 0) is 10.2 Å². The van der Waals surface area contributed by atoms with Crippen LogP contribution in [0.2, 0.25) is 0 Å². The number of aromatic carboxylic acids is 1. The molecule has 2 heterocycles. The highest BCUT2D eigenvalue weighted by atomic mass is 16.5. The van der Waals surface area contributed by atoms with Gasteiger partial charge >= 0.3 is 5.97 Å². The van der Waals surface area contributed by atoms with E-state index in [1.54, 1.807) is 7.11 Å². The van der Waals surface area contributed by atoms with Gasteiger partial charge in [0, 0.05) is 25.2 Å². The number of carbonyl (C=O) groups excluding carboxylic acids is 1. The molecule has 1 amide bonds. The summed E-state index contributed by atoms with van der Waals surface area (Å²) in [5.74, 6) is -1.14. The zero-order chi connectivity index (χ0) is 18.6. The number of nitrogens with one attached hydrogen (secondary N) is 1. The van der Waals surface area contributed by atoms with Gasteiger partial charge in [-0.25, -0.2) is 4.79 Å². The van der Waals surface area contributed by atoms with Crippen LogP contribution in [0.5, 0.6) is 5.75 Å². The van der Waals surface area contributed by atoms with Crippen LogP contribution in [0.1, 0.15) is 39.5 Å². The number of furan rings is 1. The van der Waals surface area contributed by atoms with Crippen molar-refractivity contribution in [2.45, 2.75) is 18.3 Å². The molecule has 0 atom stereocenters. The third-order valence-electron chi connectivity index (χ3n) is 4.78. The molecule has 3 rings (SSSR count). The highest BCUT2D eigenvalue weighted by Crippen LogP contribution is 2.35. The van der Waals surface area contributed by atoms with Crippen molar-refractivity contribution in [3.05, 3.63) is 53.5 Å². The third kappa shape index (κ3) is 3.72. The van der Waals surface area contributed by atoms with E-state index < -0.39 is 11.9 Å². The second-order valence-electron chi connectivity index (χ2n) is 6.27. The third-order valence-corrected chi connectivity index (χ3v) is 4.78. The number of ether oxygens (including phenoxy) is 2. The van der Waals surface area contributed by atoms with Crippen LogP contribution in [-0.4, -0.2) is 43.9 Å². The molecule has 0 saturated carbocycles.